The average molecular weight is 345 g/mol. The van der Waals surface area contributed by atoms with Gasteiger partial charge in [0, 0.05) is 43.4 Å². The van der Waals surface area contributed by atoms with Crippen LogP contribution in [-0.4, -0.2) is 38.8 Å². The highest BCUT2D eigenvalue weighted by molar-refractivity contribution is 5.72. The highest BCUT2D eigenvalue weighted by atomic mass is 19.1. The van der Waals surface area contributed by atoms with E-state index in [1.165, 1.54) is 17.7 Å². The molecule has 2 heterocycles. The van der Waals surface area contributed by atoms with Crippen LogP contribution in [0.3, 0.4) is 0 Å². The number of hydrogen-bond donors (Lipinski definition) is 1. The highest BCUT2D eigenvalue weighted by Crippen LogP contribution is 2.34. The first-order valence-corrected chi connectivity index (χ1v) is 8.64. The Bertz CT molecular complexity index is 770. The van der Waals surface area contributed by atoms with Crippen LogP contribution in [0, 0.1) is 25.6 Å². The van der Waals surface area contributed by atoms with Gasteiger partial charge in [0.05, 0.1) is 11.6 Å². The van der Waals surface area contributed by atoms with E-state index in [1.807, 2.05) is 11.6 Å². The van der Waals surface area contributed by atoms with Crippen LogP contribution in [0.4, 0.5) is 4.39 Å². The summed E-state index contributed by atoms with van der Waals surface area (Å²) >= 11 is 0. The molecule has 134 valence electrons. The number of hydrogen-bond acceptors (Lipinski definition) is 3. The van der Waals surface area contributed by atoms with Crippen LogP contribution < -0.4 is 0 Å². The SMILES string of the molecule is CCn1nc(C)c(CN2C[C@@H](C(=O)O)[C@H](c3ccc(F)cc3)C2)c1C. The summed E-state index contributed by atoms with van der Waals surface area (Å²) in [7, 11) is 0. The minimum Gasteiger partial charge on any atom is -0.481 e. The molecule has 0 aliphatic carbocycles. The van der Waals surface area contributed by atoms with Crippen molar-refractivity contribution in [2.75, 3.05) is 13.1 Å². The number of aliphatic carboxylic acids is 1. The Balaban J connectivity index is 1.82. The molecule has 1 aromatic heterocycles. The van der Waals surface area contributed by atoms with E-state index < -0.39 is 11.9 Å². The van der Waals surface area contributed by atoms with Gasteiger partial charge in [-0.05, 0) is 38.5 Å². The molecule has 0 spiro atoms. The van der Waals surface area contributed by atoms with Gasteiger partial charge in [-0.15, -0.1) is 0 Å². The van der Waals surface area contributed by atoms with Gasteiger partial charge in [-0.3, -0.25) is 14.4 Å². The van der Waals surface area contributed by atoms with Crippen molar-refractivity contribution >= 4 is 5.97 Å². The van der Waals surface area contributed by atoms with Gasteiger partial charge >= 0.3 is 5.97 Å². The predicted octanol–water partition coefficient (Wildman–Crippen LogP) is 2.96. The summed E-state index contributed by atoms with van der Waals surface area (Å²) in [6.07, 6.45) is 0. The summed E-state index contributed by atoms with van der Waals surface area (Å²) < 4.78 is 15.2. The maximum absolute atomic E-state index is 13.2. The molecule has 5 nitrogen and oxygen atoms in total. The lowest BCUT2D eigenvalue weighted by Gasteiger charge is -2.16. The third-order valence-corrected chi connectivity index (χ3v) is 5.22. The van der Waals surface area contributed by atoms with Crippen molar-refractivity contribution in [1.82, 2.24) is 14.7 Å². The third-order valence-electron chi connectivity index (χ3n) is 5.22. The standard InChI is InChI=1S/C19H24FN3O2/c1-4-23-13(3)16(12(2)21-23)9-22-10-17(18(11-22)19(24)25)14-5-7-15(20)8-6-14/h5-8,17-18H,4,9-11H2,1-3H3,(H,24,25)/t17-,18+/m0/s1. The summed E-state index contributed by atoms with van der Waals surface area (Å²) in [6.45, 7) is 8.77. The first-order chi connectivity index (χ1) is 11.9. The van der Waals surface area contributed by atoms with E-state index in [1.54, 1.807) is 12.1 Å². The van der Waals surface area contributed by atoms with Gasteiger partial charge in [-0.25, -0.2) is 4.39 Å². The number of carboxylic acids is 1. The van der Waals surface area contributed by atoms with Crippen molar-refractivity contribution in [3.05, 3.63) is 52.6 Å². The van der Waals surface area contributed by atoms with Crippen LogP contribution in [0.1, 0.15) is 35.4 Å². The average Bonchev–Trinajstić information content (AvgIpc) is 3.12. The van der Waals surface area contributed by atoms with Crippen molar-refractivity contribution < 1.29 is 14.3 Å². The molecule has 0 radical (unpaired) electrons. The third kappa shape index (κ3) is 3.44. The van der Waals surface area contributed by atoms with Crippen molar-refractivity contribution in [2.45, 2.75) is 39.8 Å². The van der Waals surface area contributed by atoms with Crippen molar-refractivity contribution in [2.24, 2.45) is 5.92 Å². The minimum absolute atomic E-state index is 0.125. The summed E-state index contributed by atoms with van der Waals surface area (Å²) in [5, 5.41) is 14.2. The van der Waals surface area contributed by atoms with Gasteiger partial charge in [0.2, 0.25) is 0 Å². The molecule has 1 aliphatic rings. The molecule has 0 saturated carbocycles. The molecule has 0 amide bonds. The van der Waals surface area contributed by atoms with E-state index >= 15 is 0 Å². The lowest BCUT2D eigenvalue weighted by Crippen LogP contribution is -2.23. The van der Waals surface area contributed by atoms with Gasteiger partial charge in [0.1, 0.15) is 5.82 Å². The van der Waals surface area contributed by atoms with Gasteiger partial charge in [0.25, 0.3) is 0 Å². The molecule has 3 rings (SSSR count). The van der Waals surface area contributed by atoms with E-state index in [4.69, 9.17) is 0 Å². The number of halogens is 1. The van der Waals surface area contributed by atoms with Crippen molar-refractivity contribution in [1.29, 1.82) is 0 Å². The van der Waals surface area contributed by atoms with Gasteiger partial charge in [-0.2, -0.15) is 5.10 Å². The molecule has 0 bridgehead atoms. The van der Waals surface area contributed by atoms with Gasteiger partial charge < -0.3 is 5.11 Å². The Hall–Kier alpha value is -2.21. The number of aromatic nitrogens is 2. The minimum atomic E-state index is -0.797. The number of carbonyl (C=O) groups is 1. The maximum Gasteiger partial charge on any atom is 0.308 e. The Labute approximate surface area is 147 Å². The van der Waals surface area contributed by atoms with Crippen molar-refractivity contribution in [3.8, 4) is 0 Å². The number of aryl methyl sites for hydroxylation is 2. The zero-order valence-corrected chi connectivity index (χ0v) is 14.9. The fraction of sp³-hybridized carbons (Fsp3) is 0.474. The molecule has 1 saturated heterocycles. The van der Waals surface area contributed by atoms with Gasteiger partial charge in [0.15, 0.2) is 0 Å². The van der Waals surface area contributed by atoms with E-state index in [2.05, 4.69) is 23.8 Å². The first kappa shape index (κ1) is 17.6. The lowest BCUT2D eigenvalue weighted by atomic mass is 9.89. The first-order valence-electron chi connectivity index (χ1n) is 8.64. The molecular weight excluding hydrogens is 321 g/mol. The molecule has 1 aromatic carbocycles. The van der Waals surface area contributed by atoms with Crippen molar-refractivity contribution in [3.63, 3.8) is 0 Å². The molecule has 1 aliphatic heterocycles. The zero-order valence-electron chi connectivity index (χ0n) is 14.9. The molecule has 0 unspecified atom stereocenters. The van der Waals surface area contributed by atoms with E-state index in [9.17, 15) is 14.3 Å². The fourth-order valence-electron chi connectivity index (χ4n) is 3.81. The van der Waals surface area contributed by atoms with Crippen LogP contribution in [0.15, 0.2) is 24.3 Å². The monoisotopic (exact) mass is 345 g/mol. The summed E-state index contributed by atoms with van der Waals surface area (Å²) in [5.74, 6) is -1.70. The van der Waals surface area contributed by atoms with E-state index in [0.717, 1.165) is 23.5 Å². The predicted molar refractivity (Wildman–Crippen MR) is 92.9 cm³/mol. The molecule has 25 heavy (non-hydrogen) atoms. The van der Waals surface area contributed by atoms with Crippen LogP contribution in [-0.2, 0) is 17.9 Å². The summed E-state index contributed by atoms with van der Waals surface area (Å²) in [5.41, 5.74) is 4.19. The van der Waals surface area contributed by atoms with Crippen LogP contribution in [0.5, 0.6) is 0 Å². The van der Waals surface area contributed by atoms with Crippen LogP contribution >= 0.6 is 0 Å². The second-order valence-corrected chi connectivity index (χ2v) is 6.76. The quantitative estimate of drug-likeness (QED) is 0.905. The molecular formula is C19H24FN3O2. The largest absolute Gasteiger partial charge is 0.481 e. The van der Waals surface area contributed by atoms with E-state index in [-0.39, 0.29) is 11.7 Å². The fourth-order valence-corrected chi connectivity index (χ4v) is 3.81. The molecule has 1 N–H and O–H groups in total. The Kier molecular flexibility index (Phi) is 4.90. The maximum atomic E-state index is 13.2. The molecule has 6 heteroatoms. The van der Waals surface area contributed by atoms with Crippen LogP contribution in [0.2, 0.25) is 0 Å². The Morgan fingerprint density at radius 1 is 1.28 bits per heavy atom. The van der Waals surface area contributed by atoms with Gasteiger partial charge in [-0.1, -0.05) is 12.1 Å². The Morgan fingerprint density at radius 3 is 2.52 bits per heavy atom. The lowest BCUT2D eigenvalue weighted by molar-refractivity contribution is -0.141. The summed E-state index contributed by atoms with van der Waals surface area (Å²) in [4.78, 5) is 13.9. The number of benzene rings is 1. The molecule has 1 fully saturated rings. The van der Waals surface area contributed by atoms with E-state index in [0.29, 0.717) is 19.6 Å². The topological polar surface area (TPSA) is 58.4 Å². The van der Waals surface area contributed by atoms with Crippen LogP contribution in [0.25, 0.3) is 0 Å². The Morgan fingerprint density at radius 2 is 1.96 bits per heavy atom. The number of rotatable bonds is 5. The smallest absolute Gasteiger partial charge is 0.308 e. The second kappa shape index (κ2) is 6.96. The second-order valence-electron chi connectivity index (χ2n) is 6.76. The molecule has 2 aromatic rings. The number of nitrogens with zero attached hydrogens (tertiary/aromatic N) is 3. The number of carboxylic acid groups (broad SMARTS) is 1. The number of likely N-dealkylation sites (tertiary alicyclic amines) is 1. The highest BCUT2D eigenvalue weighted by Gasteiger charge is 2.38. The zero-order chi connectivity index (χ0) is 18.1. The molecule has 2 atom stereocenters. The summed E-state index contributed by atoms with van der Waals surface area (Å²) in [6, 6.07) is 6.20. The normalized spacial score (nSPS) is 21.0.